The lowest BCUT2D eigenvalue weighted by atomic mass is 10.1. The molecule has 0 atom stereocenters. The molecular weight excluding hydrogens is 197 g/mol. The van der Waals surface area contributed by atoms with Crippen LogP contribution in [0.1, 0.15) is 0 Å². The maximum absolute atomic E-state index is 13.0. The third-order valence-electron chi connectivity index (χ3n) is 1.89. The minimum Gasteiger partial charge on any atom is -0.346 e. The van der Waals surface area contributed by atoms with Gasteiger partial charge in [-0.05, 0) is 11.6 Å². The van der Waals surface area contributed by atoms with E-state index in [1.54, 1.807) is 0 Å². The molecular formula is C11H8FNS. The summed E-state index contributed by atoms with van der Waals surface area (Å²) in [5, 5.41) is 0. The highest BCUT2D eigenvalue weighted by Gasteiger charge is 1.98. The maximum Gasteiger partial charge on any atom is 0.128 e. The van der Waals surface area contributed by atoms with Crippen LogP contribution in [0, 0.1) is 10.5 Å². The molecule has 2 aromatic rings. The predicted octanol–water partition coefficient (Wildman–Crippen LogP) is 3.55. The highest BCUT2D eigenvalue weighted by molar-refractivity contribution is 7.71. The number of hydrogen-bond acceptors (Lipinski definition) is 1. The summed E-state index contributed by atoms with van der Waals surface area (Å²) < 4.78 is 13.4. The van der Waals surface area contributed by atoms with Gasteiger partial charge in [0, 0.05) is 11.8 Å². The van der Waals surface area contributed by atoms with Crippen molar-refractivity contribution in [2.45, 2.75) is 0 Å². The number of pyridine rings is 1. The van der Waals surface area contributed by atoms with E-state index in [1.807, 2.05) is 30.3 Å². The predicted molar refractivity (Wildman–Crippen MR) is 57.0 cm³/mol. The Morgan fingerprint density at radius 2 is 1.79 bits per heavy atom. The van der Waals surface area contributed by atoms with Gasteiger partial charge in [0.1, 0.15) is 10.5 Å². The van der Waals surface area contributed by atoms with Gasteiger partial charge in [-0.1, -0.05) is 42.5 Å². The van der Waals surface area contributed by atoms with Crippen molar-refractivity contribution in [3.05, 3.63) is 52.9 Å². The van der Waals surface area contributed by atoms with Gasteiger partial charge in [-0.15, -0.1) is 0 Å². The summed E-state index contributed by atoms with van der Waals surface area (Å²) in [6.45, 7) is 0. The lowest BCUT2D eigenvalue weighted by Crippen LogP contribution is -1.85. The molecule has 0 unspecified atom stereocenters. The Morgan fingerprint density at radius 3 is 2.43 bits per heavy atom. The van der Waals surface area contributed by atoms with Crippen molar-refractivity contribution in [2.75, 3.05) is 0 Å². The van der Waals surface area contributed by atoms with E-state index in [9.17, 15) is 4.39 Å². The fourth-order valence-electron chi connectivity index (χ4n) is 1.28. The third kappa shape index (κ3) is 1.88. The number of aromatic amines is 1. The zero-order valence-corrected chi connectivity index (χ0v) is 8.14. The first-order valence-electron chi connectivity index (χ1n) is 4.21. The highest BCUT2D eigenvalue weighted by atomic mass is 32.1. The molecule has 2 rings (SSSR count). The van der Waals surface area contributed by atoms with E-state index in [0.29, 0.717) is 10.3 Å². The smallest absolute Gasteiger partial charge is 0.128 e. The van der Waals surface area contributed by atoms with E-state index in [4.69, 9.17) is 12.2 Å². The molecule has 70 valence electrons. The van der Waals surface area contributed by atoms with E-state index >= 15 is 0 Å². The first kappa shape index (κ1) is 9.09. The second-order valence-corrected chi connectivity index (χ2v) is 3.38. The first-order chi connectivity index (χ1) is 6.75. The molecule has 0 spiro atoms. The van der Waals surface area contributed by atoms with Gasteiger partial charge in [0.2, 0.25) is 0 Å². The average Bonchev–Trinajstić information content (AvgIpc) is 2.18. The minimum absolute atomic E-state index is 0.312. The summed E-state index contributed by atoms with van der Waals surface area (Å²) in [4.78, 5) is 2.94. The molecule has 1 nitrogen and oxygen atoms in total. The Kier molecular flexibility index (Phi) is 2.41. The molecule has 3 heteroatoms. The summed E-state index contributed by atoms with van der Waals surface area (Å²) in [6.07, 6.45) is 0. The molecule has 1 heterocycles. The standard InChI is InChI=1S/C11H8FNS/c12-9-6-10(13-11(14)7-9)8-4-2-1-3-5-8/h1-7H,(H,13,14). The molecule has 0 aliphatic heterocycles. The Bertz CT molecular complexity index is 490. The van der Waals surface area contributed by atoms with Gasteiger partial charge in [0.15, 0.2) is 0 Å². The number of H-pyrrole nitrogens is 1. The zero-order chi connectivity index (χ0) is 9.97. The molecule has 0 radical (unpaired) electrons. The van der Waals surface area contributed by atoms with Gasteiger partial charge in [-0.3, -0.25) is 0 Å². The molecule has 0 fully saturated rings. The summed E-state index contributed by atoms with van der Waals surface area (Å²) >= 11 is 4.89. The monoisotopic (exact) mass is 205 g/mol. The zero-order valence-electron chi connectivity index (χ0n) is 7.33. The van der Waals surface area contributed by atoms with E-state index in [-0.39, 0.29) is 5.82 Å². The fourth-order valence-corrected chi connectivity index (χ4v) is 1.51. The average molecular weight is 205 g/mol. The van der Waals surface area contributed by atoms with Crippen molar-refractivity contribution in [3.8, 4) is 11.3 Å². The van der Waals surface area contributed by atoms with Crippen LogP contribution in [0.25, 0.3) is 11.3 Å². The Morgan fingerprint density at radius 1 is 1.07 bits per heavy atom. The van der Waals surface area contributed by atoms with E-state index in [1.165, 1.54) is 12.1 Å². The number of rotatable bonds is 1. The van der Waals surface area contributed by atoms with Gasteiger partial charge < -0.3 is 4.98 Å². The van der Waals surface area contributed by atoms with E-state index in [0.717, 1.165) is 5.56 Å². The fraction of sp³-hybridized carbons (Fsp3) is 0. The Balaban J connectivity index is 2.58. The topological polar surface area (TPSA) is 15.8 Å². The van der Waals surface area contributed by atoms with Crippen LogP contribution in [-0.2, 0) is 0 Å². The van der Waals surface area contributed by atoms with Gasteiger partial charge in [0.05, 0.1) is 0 Å². The van der Waals surface area contributed by atoms with Crippen molar-refractivity contribution in [1.82, 2.24) is 4.98 Å². The van der Waals surface area contributed by atoms with Crippen LogP contribution in [0.3, 0.4) is 0 Å². The summed E-state index contributed by atoms with van der Waals surface area (Å²) in [7, 11) is 0. The number of halogens is 1. The van der Waals surface area contributed by atoms with Gasteiger partial charge >= 0.3 is 0 Å². The van der Waals surface area contributed by atoms with Crippen LogP contribution in [0.2, 0.25) is 0 Å². The molecule has 1 aromatic carbocycles. The molecule has 14 heavy (non-hydrogen) atoms. The third-order valence-corrected chi connectivity index (χ3v) is 2.11. The minimum atomic E-state index is -0.312. The van der Waals surface area contributed by atoms with Crippen LogP contribution in [0.5, 0.6) is 0 Å². The van der Waals surface area contributed by atoms with Crippen molar-refractivity contribution in [1.29, 1.82) is 0 Å². The Hall–Kier alpha value is -1.48. The highest BCUT2D eigenvalue weighted by Crippen LogP contribution is 2.16. The molecule has 0 saturated carbocycles. The molecule has 1 aromatic heterocycles. The largest absolute Gasteiger partial charge is 0.346 e. The molecule has 1 N–H and O–H groups in total. The maximum atomic E-state index is 13.0. The molecule has 0 aliphatic rings. The number of aromatic nitrogens is 1. The van der Waals surface area contributed by atoms with Crippen LogP contribution in [0.4, 0.5) is 4.39 Å². The van der Waals surface area contributed by atoms with Gasteiger partial charge in [0.25, 0.3) is 0 Å². The van der Waals surface area contributed by atoms with Gasteiger partial charge in [-0.2, -0.15) is 0 Å². The van der Waals surface area contributed by atoms with Crippen molar-refractivity contribution < 1.29 is 4.39 Å². The van der Waals surface area contributed by atoms with E-state index < -0.39 is 0 Å². The number of nitrogens with one attached hydrogen (secondary N) is 1. The first-order valence-corrected chi connectivity index (χ1v) is 4.62. The lowest BCUT2D eigenvalue weighted by molar-refractivity contribution is 0.625. The normalized spacial score (nSPS) is 10.1. The number of hydrogen-bond donors (Lipinski definition) is 1. The number of benzene rings is 1. The van der Waals surface area contributed by atoms with Crippen molar-refractivity contribution in [2.24, 2.45) is 0 Å². The second kappa shape index (κ2) is 3.72. The molecule has 0 saturated heterocycles. The van der Waals surface area contributed by atoms with Crippen molar-refractivity contribution in [3.63, 3.8) is 0 Å². The van der Waals surface area contributed by atoms with Gasteiger partial charge in [-0.25, -0.2) is 4.39 Å². The second-order valence-electron chi connectivity index (χ2n) is 2.94. The van der Waals surface area contributed by atoms with Crippen LogP contribution < -0.4 is 0 Å². The molecule has 0 bridgehead atoms. The van der Waals surface area contributed by atoms with Crippen molar-refractivity contribution >= 4 is 12.2 Å². The SMILES string of the molecule is Fc1cc(-c2ccccc2)[nH]c(=S)c1. The van der Waals surface area contributed by atoms with Crippen LogP contribution in [0.15, 0.2) is 42.5 Å². The quantitative estimate of drug-likeness (QED) is 0.704. The summed E-state index contributed by atoms with van der Waals surface area (Å²) in [5.74, 6) is -0.312. The Labute approximate surface area is 86.2 Å². The lowest BCUT2D eigenvalue weighted by Gasteiger charge is -2.01. The van der Waals surface area contributed by atoms with Crippen LogP contribution in [-0.4, -0.2) is 4.98 Å². The molecule has 0 aliphatic carbocycles. The van der Waals surface area contributed by atoms with E-state index in [2.05, 4.69) is 4.98 Å². The summed E-state index contributed by atoms with van der Waals surface area (Å²) in [6, 6.07) is 12.2. The summed E-state index contributed by atoms with van der Waals surface area (Å²) in [5.41, 5.74) is 1.63. The van der Waals surface area contributed by atoms with Crippen LogP contribution >= 0.6 is 12.2 Å². The molecule has 0 amide bonds.